The Morgan fingerprint density at radius 3 is 2.59 bits per heavy atom. The van der Waals surface area contributed by atoms with E-state index in [2.05, 4.69) is 29.4 Å². The highest BCUT2D eigenvalue weighted by Crippen LogP contribution is 2.17. The van der Waals surface area contributed by atoms with Gasteiger partial charge in [-0.3, -0.25) is 9.89 Å². The van der Waals surface area contributed by atoms with E-state index < -0.39 is 0 Å². The van der Waals surface area contributed by atoms with E-state index >= 15 is 0 Å². The standard InChI is InChI=1S/C16H32N4O.HI/c1-3-17-16(19-15-6-4-5-7-15)18-12-14(2)13-20-8-10-21-11-9-20;/h14-15H,3-13H2,1-2H3,(H2,17,18,19);1H. The van der Waals surface area contributed by atoms with Crippen LogP contribution in [0, 0.1) is 5.92 Å². The van der Waals surface area contributed by atoms with Gasteiger partial charge in [0, 0.05) is 38.8 Å². The molecule has 2 rings (SSSR count). The Labute approximate surface area is 152 Å². The SMILES string of the molecule is CCNC(=NCC(C)CN1CCOCC1)NC1CCCC1.I. The van der Waals surface area contributed by atoms with Gasteiger partial charge in [-0.05, 0) is 25.7 Å². The lowest BCUT2D eigenvalue weighted by Gasteiger charge is -2.28. The number of ether oxygens (including phenoxy) is 1. The van der Waals surface area contributed by atoms with Crippen LogP contribution < -0.4 is 10.6 Å². The van der Waals surface area contributed by atoms with Crippen LogP contribution in [0.15, 0.2) is 4.99 Å². The number of rotatable bonds is 6. The molecule has 0 amide bonds. The summed E-state index contributed by atoms with van der Waals surface area (Å²) in [5, 5.41) is 6.95. The molecular weight excluding hydrogens is 391 g/mol. The lowest BCUT2D eigenvalue weighted by molar-refractivity contribution is 0.0323. The van der Waals surface area contributed by atoms with Crippen LogP contribution >= 0.6 is 24.0 Å². The molecular formula is C16H33IN4O. The highest BCUT2D eigenvalue weighted by atomic mass is 127. The van der Waals surface area contributed by atoms with Crippen molar-refractivity contribution in [2.45, 2.75) is 45.6 Å². The molecule has 2 aliphatic rings. The van der Waals surface area contributed by atoms with E-state index in [0.29, 0.717) is 12.0 Å². The first-order chi connectivity index (χ1) is 10.3. The number of morpholine rings is 1. The third kappa shape index (κ3) is 7.46. The summed E-state index contributed by atoms with van der Waals surface area (Å²) in [5.74, 6) is 1.58. The van der Waals surface area contributed by atoms with E-state index in [-0.39, 0.29) is 24.0 Å². The van der Waals surface area contributed by atoms with E-state index in [9.17, 15) is 0 Å². The van der Waals surface area contributed by atoms with Crippen molar-refractivity contribution in [3.63, 3.8) is 0 Å². The van der Waals surface area contributed by atoms with Gasteiger partial charge in [-0.15, -0.1) is 24.0 Å². The van der Waals surface area contributed by atoms with Gasteiger partial charge in [-0.2, -0.15) is 0 Å². The minimum absolute atomic E-state index is 0. The molecule has 1 saturated carbocycles. The van der Waals surface area contributed by atoms with Gasteiger partial charge < -0.3 is 15.4 Å². The van der Waals surface area contributed by atoms with E-state index in [1.54, 1.807) is 0 Å². The van der Waals surface area contributed by atoms with Crippen LogP contribution in [0.2, 0.25) is 0 Å². The fraction of sp³-hybridized carbons (Fsp3) is 0.938. The van der Waals surface area contributed by atoms with Crippen molar-refractivity contribution in [1.82, 2.24) is 15.5 Å². The number of hydrogen-bond acceptors (Lipinski definition) is 3. The zero-order valence-electron chi connectivity index (χ0n) is 14.1. The number of guanidine groups is 1. The predicted molar refractivity (Wildman–Crippen MR) is 103 cm³/mol. The fourth-order valence-electron chi connectivity index (χ4n) is 3.11. The molecule has 2 N–H and O–H groups in total. The van der Waals surface area contributed by atoms with Gasteiger partial charge in [-0.25, -0.2) is 0 Å². The van der Waals surface area contributed by atoms with Crippen molar-refractivity contribution in [1.29, 1.82) is 0 Å². The minimum Gasteiger partial charge on any atom is -0.379 e. The Bertz CT molecular complexity index is 315. The molecule has 1 heterocycles. The monoisotopic (exact) mass is 424 g/mol. The zero-order valence-corrected chi connectivity index (χ0v) is 16.5. The topological polar surface area (TPSA) is 48.9 Å². The largest absolute Gasteiger partial charge is 0.379 e. The molecule has 5 nitrogen and oxygen atoms in total. The maximum absolute atomic E-state index is 5.40. The summed E-state index contributed by atoms with van der Waals surface area (Å²) in [6, 6.07) is 0.623. The van der Waals surface area contributed by atoms with Gasteiger partial charge in [0.2, 0.25) is 0 Å². The van der Waals surface area contributed by atoms with Crippen molar-refractivity contribution < 1.29 is 4.74 Å². The van der Waals surface area contributed by atoms with Crippen molar-refractivity contribution >= 4 is 29.9 Å². The quantitative estimate of drug-likeness (QED) is 0.390. The van der Waals surface area contributed by atoms with Crippen molar-refractivity contribution in [3.05, 3.63) is 0 Å². The highest BCUT2D eigenvalue weighted by Gasteiger charge is 2.17. The Balaban J connectivity index is 0.00000242. The molecule has 0 aromatic carbocycles. The van der Waals surface area contributed by atoms with Gasteiger partial charge in [-0.1, -0.05) is 19.8 Å². The molecule has 0 aromatic heterocycles. The first-order valence-electron chi connectivity index (χ1n) is 8.63. The Kier molecular flexibility index (Phi) is 10.4. The smallest absolute Gasteiger partial charge is 0.191 e. The molecule has 1 saturated heterocycles. The molecule has 1 aliphatic carbocycles. The average molecular weight is 424 g/mol. The highest BCUT2D eigenvalue weighted by molar-refractivity contribution is 14.0. The normalized spacial score (nSPS) is 22.2. The number of nitrogens with zero attached hydrogens (tertiary/aromatic N) is 2. The van der Waals surface area contributed by atoms with Crippen molar-refractivity contribution in [2.24, 2.45) is 10.9 Å². The molecule has 0 aromatic rings. The lowest BCUT2D eigenvalue weighted by Crippen LogP contribution is -2.43. The second-order valence-corrected chi connectivity index (χ2v) is 6.36. The minimum atomic E-state index is 0. The van der Waals surface area contributed by atoms with Crippen molar-refractivity contribution in [2.75, 3.05) is 45.9 Å². The Morgan fingerprint density at radius 2 is 1.95 bits per heavy atom. The van der Waals surface area contributed by atoms with Crippen LogP contribution in [0.4, 0.5) is 0 Å². The van der Waals surface area contributed by atoms with Crippen LogP contribution in [0.5, 0.6) is 0 Å². The molecule has 1 unspecified atom stereocenters. The second kappa shape index (κ2) is 11.5. The average Bonchev–Trinajstić information content (AvgIpc) is 2.99. The van der Waals surface area contributed by atoms with Gasteiger partial charge in [0.15, 0.2) is 5.96 Å². The summed E-state index contributed by atoms with van der Waals surface area (Å²) in [6.45, 7) is 11.2. The molecule has 0 spiro atoms. The number of nitrogens with one attached hydrogen (secondary N) is 2. The van der Waals surface area contributed by atoms with Crippen LogP contribution in [0.25, 0.3) is 0 Å². The Hall–Kier alpha value is -0.0800. The van der Waals surface area contributed by atoms with Crippen molar-refractivity contribution in [3.8, 4) is 0 Å². The summed E-state index contributed by atoms with van der Waals surface area (Å²) in [4.78, 5) is 7.27. The molecule has 22 heavy (non-hydrogen) atoms. The first kappa shape index (κ1) is 20.0. The molecule has 1 atom stereocenters. The number of aliphatic imine (C=N–C) groups is 1. The van der Waals surface area contributed by atoms with E-state index in [4.69, 9.17) is 9.73 Å². The summed E-state index contributed by atoms with van der Waals surface area (Å²) in [6.07, 6.45) is 5.27. The second-order valence-electron chi connectivity index (χ2n) is 6.36. The molecule has 6 heteroatoms. The van der Waals surface area contributed by atoms with Gasteiger partial charge in [0.1, 0.15) is 0 Å². The predicted octanol–water partition coefficient (Wildman–Crippen LogP) is 2.07. The summed E-state index contributed by atoms with van der Waals surface area (Å²) in [5.41, 5.74) is 0. The number of halogens is 1. The van der Waals surface area contributed by atoms with Crippen LogP contribution in [0.3, 0.4) is 0 Å². The third-order valence-corrected chi connectivity index (χ3v) is 4.27. The summed E-state index contributed by atoms with van der Waals surface area (Å²) in [7, 11) is 0. The van der Waals surface area contributed by atoms with Crippen LogP contribution in [-0.2, 0) is 4.74 Å². The molecule has 130 valence electrons. The van der Waals surface area contributed by atoms with E-state index in [1.807, 2.05) is 0 Å². The summed E-state index contributed by atoms with van der Waals surface area (Å²) >= 11 is 0. The van der Waals surface area contributed by atoms with Gasteiger partial charge >= 0.3 is 0 Å². The zero-order chi connectivity index (χ0) is 14.9. The van der Waals surface area contributed by atoms with Gasteiger partial charge in [0.25, 0.3) is 0 Å². The molecule has 1 aliphatic heterocycles. The van der Waals surface area contributed by atoms with Gasteiger partial charge in [0.05, 0.1) is 13.2 Å². The maximum atomic E-state index is 5.40. The van der Waals surface area contributed by atoms with Crippen LogP contribution in [-0.4, -0.2) is 62.8 Å². The summed E-state index contributed by atoms with van der Waals surface area (Å²) < 4.78 is 5.40. The fourth-order valence-corrected chi connectivity index (χ4v) is 3.11. The number of hydrogen-bond donors (Lipinski definition) is 2. The van der Waals surface area contributed by atoms with E-state index in [1.165, 1.54) is 25.7 Å². The van der Waals surface area contributed by atoms with Crippen LogP contribution in [0.1, 0.15) is 39.5 Å². The first-order valence-corrected chi connectivity index (χ1v) is 8.63. The molecule has 2 fully saturated rings. The third-order valence-electron chi connectivity index (χ3n) is 4.27. The molecule has 0 radical (unpaired) electrons. The lowest BCUT2D eigenvalue weighted by atomic mass is 10.1. The Morgan fingerprint density at radius 1 is 1.27 bits per heavy atom. The van der Waals surface area contributed by atoms with E-state index in [0.717, 1.165) is 51.9 Å². The maximum Gasteiger partial charge on any atom is 0.191 e. The molecule has 0 bridgehead atoms.